The maximum absolute atomic E-state index is 11.7. The summed E-state index contributed by atoms with van der Waals surface area (Å²) in [5.41, 5.74) is 9.21. The summed E-state index contributed by atoms with van der Waals surface area (Å²) in [5.74, 6) is -3.05. The third kappa shape index (κ3) is 9.50. The summed E-state index contributed by atoms with van der Waals surface area (Å²) >= 11 is 0. The van der Waals surface area contributed by atoms with E-state index in [1.54, 1.807) is 0 Å². The van der Waals surface area contributed by atoms with E-state index in [1.807, 2.05) is 18.2 Å². The molecule has 10 heteroatoms. The van der Waals surface area contributed by atoms with Crippen molar-refractivity contribution < 1.29 is 27.9 Å². The molecular weight excluding hydrogens is 437 g/mol. The summed E-state index contributed by atoms with van der Waals surface area (Å²) in [4.78, 5) is 23.0. The van der Waals surface area contributed by atoms with Gasteiger partial charge in [-0.2, -0.15) is 13.2 Å². The van der Waals surface area contributed by atoms with Gasteiger partial charge in [-0.25, -0.2) is 4.79 Å². The summed E-state index contributed by atoms with van der Waals surface area (Å²) in [6, 6.07) is 18.4. The lowest BCUT2D eigenvalue weighted by atomic mass is 10.0. The lowest BCUT2D eigenvalue weighted by Crippen LogP contribution is -2.43. The number of hydrogen-bond donors (Lipinski definition) is 4. The molecule has 3 rings (SSSR count). The second-order valence-corrected chi connectivity index (χ2v) is 7.57. The normalized spacial score (nSPS) is 14.7. The molecule has 1 fully saturated rings. The van der Waals surface area contributed by atoms with Crippen LogP contribution in [0.2, 0.25) is 0 Å². The number of carbonyl (C=O) groups is 2. The van der Waals surface area contributed by atoms with Crippen molar-refractivity contribution in [3.8, 4) is 0 Å². The number of rotatable bonds is 8. The first-order valence-electron chi connectivity index (χ1n) is 10.6. The number of piperazine rings is 1. The number of benzene rings is 2. The summed E-state index contributed by atoms with van der Waals surface area (Å²) in [6.07, 6.45) is -3.54. The van der Waals surface area contributed by atoms with Crippen LogP contribution in [-0.2, 0) is 22.6 Å². The number of aliphatic carboxylic acids is 1. The van der Waals surface area contributed by atoms with Crippen LogP contribution < -0.4 is 21.3 Å². The third-order valence-corrected chi connectivity index (χ3v) is 5.12. The number of hydrogen-bond acceptors (Lipinski definition) is 5. The highest BCUT2D eigenvalue weighted by molar-refractivity contribution is 5.79. The molecule has 2 aromatic carbocycles. The van der Waals surface area contributed by atoms with E-state index in [9.17, 15) is 18.0 Å². The number of halogens is 3. The second kappa shape index (κ2) is 12.8. The van der Waals surface area contributed by atoms with E-state index in [0.29, 0.717) is 13.0 Å². The van der Waals surface area contributed by atoms with Crippen molar-refractivity contribution in [1.29, 1.82) is 0 Å². The fourth-order valence-corrected chi connectivity index (χ4v) is 3.29. The van der Waals surface area contributed by atoms with E-state index in [4.69, 9.17) is 15.6 Å². The fourth-order valence-electron chi connectivity index (χ4n) is 3.29. The minimum Gasteiger partial charge on any atom is -0.475 e. The first-order valence-corrected chi connectivity index (χ1v) is 10.6. The van der Waals surface area contributed by atoms with Crippen LogP contribution in [0, 0.1) is 0 Å². The largest absolute Gasteiger partial charge is 0.490 e. The lowest BCUT2D eigenvalue weighted by Gasteiger charge is -2.29. The van der Waals surface area contributed by atoms with Crippen LogP contribution in [0.1, 0.15) is 17.5 Å². The zero-order valence-electron chi connectivity index (χ0n) is 18.1. The first-order chi connectivity index (χ1) is 15.7. The maximum Gasteiger partial charge on any atom is 0.490 e. The lowest BCUT2D eigenvalue weighted by molar-refractivity contribution is -0.192. The SMILES string of the molecule is NC(=O)C(CCc1ccccc1)NCc1ccc(N2CCNCC2)cc1.O=C(O)C(F)(F)F. The number of nitrogens with two attached hydrogens (primary N) is 1. The molecule has 5 N–H and O–H groups in total. The van der Waals surface area contributed by atoms with Gasteiger partial charge in [-0.3, -0.25) is 4.79 Å². The monoisotopic (exact) mass is 466 g/mol. The van der Waals surface area contributed by atoms with Gasteiger partial charge in [0.1, 0.15) is 0 Å². The summed E-state index contributed by atoms with van der Waals surface area (Å²) in [6.45, 7) is 4.79. The highest BCUT2D eigenvalue weighted by Crippen LogP contribution is 2.16. The number of nitrogens with one attached hydrogen (secondary N) is 2. The molecule has 7 nitrogen and oxygen atoms in total. The van der Waals surface area contributed by atoms with Crippen LogP contribution in [-0.4, -0.2) is 55.4 Å². The zero-order valence-corrected chi connectivity index (χ0v) is 18.1. The average Bonchev–Trinajstić information content (AvgIpc) is 2.80. The van der Waals surface area contributed by atoms with Gasteiger partial charge >= 0.3 is 12.1 Å². The zero-order chi connectivity index (χ0) is 24.3. The van der Waals surface area contributed by atoms with Crippen LogP contribution in [0.15, 0.2) is 54.6 Å². The van der Waals surface area contributed by atoms with Gasteiger partial charge in [0.15, 0.2) is 0 Å². The summed E-state index contributed by atoms with van der Waals surface area (Å²) in [5, 5.41) is 13.8. The molecule has 1 amide bonds. The van der Waals surface area contributed by atoms with E-state index in [2.05, 4.69) is 51.9 Å². The van der Waals surface area contributed by atoms with Gasteiger partial charge in [-0.05, 0) is 36.1 Å². The number of aryl methyl sites for hydroxylation is 1. The Morgan fingerprint density at radius 1 is 1.03 bits per heavy atom. The molecule has 1 atom stereocenters. The Bertz CT molecular complexity index is 871. The van der Waals surface area contributed by atoms with Gasteiger partial charge in [-0.1, -0.05) is 42.5 Å². The number of carboxylic acid groups (broad SMARTS) is 1. The summed E-state index contributed by atoms with van der Waals surface area (Å²) < 4.78 is 31.7. The number of carboxylic acids is 1. The van der Waals surface area contributed by atoms with Crippen molar-refractivity contribution in [2.45, 2.75) is 31.6 Å². The number of nitrogens with zero attached hydrogens (tertiary/aromatic N) is 1. The Hall–Kier alpha value is -3.11. The molecule has 0 bridgehead atoms. The Kier molecular flexibility index (Phi) is 10.1. The number of alkyl halides is 3. The van der Waals surface area contributed by atoms with Crippen molar-refractivity contribution in [2.24, 2.45) is 5.73 Å². The molecule has 1 heterocycles. The molecule has 2 aromatic rings. The van der Waals surface area contributed by atoms with Crippen LogP contribution in [0.5, 0.6) is 0 Å². The van der Waals surface area contributed by atoms with Crippen molar-refractivity contribution in [2.75, 3.05) is 31.1 Å². The van der Waals surface area contributed by atoms with Gasteiger partial charge in [0.05, 0.1) is 6.04 Å². The summed E-state index contributed by atoms with van der Waals surface area (Å²) in [7, 11) is 0. The molecule has 1 aliphatic rings. The molecule has 1 aliphatic heterocycles. The maximum atomic E-state index is 11.7. The third-order valence-electron chi connectivity index (χ3n) is 5.12. The molecule has 0 aliphatic carbocycles. The number of primary amides is 1. The van der Waals surface area contributed by atoms with Gasteiger partial charge in [0, 0.05) is 38.4 Å². The predicted molar refractivity (Wildman–Crippen MR) is 120 cm³/mol. The number of amides is 1. The topological polar surface area (TPSA) is 108 Å². The Morgan fingerprint density at radius 3 is 2.12 bits per heavy atom. The smallest absolute Gasteiger partial charge is 0.475 e. The highest BCUT2D eigenvalue weighted by atomic mass is 19.4. The van der Waals surface area contributed by atoms with E-state index in [1.165, 1.54) is 11.3 Å². The molecule has 0 aromatic heterocycles. The molecule has 33 heavy (non-hydrogen) atoms. The van der Waals surface area contributed by atoms with E-state index >= 15 is 0 Å². The van der Waals surface area contributed by atoms with Crippen molar-refractivity contribution in [3.05, 3.63) is 65.7 Å². The molecule has 0 radical (unpaired) electrons. The van der Waals surface area contributed by atoms with Crippen molar-refractivity contribution in [3.63, 3.8) is 0 Å². The first kappa shape index (κ1) is 26.1. The van der Waals surface area contributed by atoms with Gasteiger partial charge in [0.25, 0.3) is 0 Å². The number of carbonyl (C=O) groups excluding carboxylic acids is 1. The number of anilines is 1. The van der Waals surface area contributed by atoms with E-state index < -0.39 is 12.1 Å². The molecule has 0 spiro atoms. The molecular formula is C23H29F3N4O3. The molecule has 1 unspecified atom stereocenters. The van der Waals surface area contributed by atoms with Crippen molar-refractivity contribution >= 4 is 17.6 Å². The van der Waals surface area contributed by atoms with Crippen LogP contribution >= 0.6 is 0 Å². The highest BCUT2D eigenvalue weighted by Gasteiger charge is 2.38. The Morgan fingerprint density at radius 2 is 1.61 bits per heavy atom. The van der Waals surface area contributed by atoms with Crippen LogP contribution in [0.4, 0.5) is 18.9 Å². The van der Waals surface area contributed by atoms with Gasteiger partial charge < -0.3 is 26.4 Å². The average molecular weight is 467 g/mol. The van der Waals surface area contributed by atoms with Crippen LogP contribution in [0.25, 0.3) is 0 Å². The Balaban J connectivity index is 0.000000479. The quantitative estimate of drug-likeness (QED) is 0.476. The van der Waals surface area contributed by atoms with Crippen molar-refractivity contribution in [1.82, 2.24) is 10.6 Å². The second-order valence-electron chi connectivity index (χ2n) is 7.57. The van der Waals surface area contributed by atoms with E-state index in [-0.39, 0.29) is 11.9 Å². The molecule has 180 valence electrons. The fraction of sp³-hybridized carbons (Fsp3) is 0.391. The predicted octanol–water partition coefficient (Wildman–Crippen LogP) is 2.31. The molecule has 1 saturated heterocycles. The Labute approximate surface area is 190 Å². The van der Waals surface area contributed by atoms with Gasteiger partial charge in [-0.15, -0.1) is 0 Å². The van der Waals surface area contributed by atoms with Crippen LogP contribution in [0.3, 0.4) is 0 Å². The minimum atomic E-state index is -5.08. The molecule has 0 saturated carbocycles. The standard InChI is InChI=1S/C21H28N4O.C2HF3O2/c22-21(26)20(11-8-17-4-2-1-3-5-17)24-16-18-6-9-19(10-7-18)25-14-12-23-13-15-25;3-2(4,5)1(6)7/h1-7,9-10,20,23-24H,8,11-16H2,(H2,22,26);(H,6,7). The van der Waals surface area contributed by atoms with Gasteiger partial charge in [0.2, 0.25) is 5.91 Å². The minimum absolute atomic E-state index is 0.293. The van der Waals surface area contributed by atoms with E-state index in [0.717, 1.165) is 38.2 Å².